The van der Waals surface area contributed by atoms with Crippen LogP contribution in [0.1, 0.15) is 18.1 Å². The Morgan fingerprint density at radius 1 is 0.939 bits per heavy atom. The van der Waals surface area contributed by atoms with E-state index in [4.69, 9.17) is 9.47 Å². The summed E-state index contributed by atoms with van der Waals surface area (Å²) in [5.41, 5.74) is 2.68. The molecule has 0 heterocycles. The smallest absolute Gasteiger partial charge is 0.266 e. The number of methoxy groups -OCH3 is 1. The Balaban J connectivity index is 1.71. The van der Waals surface area contributed by atoms with E-state index in [9.17, 15) is 14.9 Å². The number of hydrogen-bond acceptors (Lipinski definition) is 5. The van der Waals surface area contributed by atoms with E-state index < -0.39 is 5.91 Å². The number of nitrogens with one attached hydrogen (secondary N) is 2. The molecule has 3 aromatic carbocycles. The van der Waals surface area contributed by atoms with Gasteiger partial charge in [0.15, 0.2) is 11.5 Å². The molecule has 0 bridgehead atoms. The predicted molar refractivity (Wildman–Crippen MR) is 127 cm³/mol. The van der Waals surface area contributed by atoms with Gasteiger partial charge in [-0.2, -0.15) is 5.26 Å². The first-order valence-electron chi connectivity index (χ1n) is 10.1. The number of nitriles is 1. The number of rotatable bonds is 8. The van der Waals surface area contributed by atoms with Crippen molar-refractivity contribution >= 4 is 29.3 Å². The van der Waals surface area contributed by atoms with E-state index in [-0.39, 0.29) is 11.5 Å². The molecule has 0 atom stereocenters. The fraction of sp³-hybridized carbons (Fsp3) is 0.115. The molecule has 0 aliphatic rings. The number of ether oxygens (including phenoxy) is 2. The van der Waals surface area contributed by atoms with Crippen molar-refractivity contribution in [2.75, 3.05) is 17.7 Å². The Bertz CT molecular complexity index is 1200. The van der Waals surface area contributed by atoms with Gasteiger partial charge in [0.1, 0.15) is 18.2 Å². The first-order valence-corrected chi connectivity index (χ1v) is 10.1. The third-order valence-electron chi connectivity index (χ3n) is 4.56. The van der Waals surface area contributed by atoms with E-state index in [1.54, 1.807) is 42.5 Å². The zero-order valence-electron chi connectivity index (χ0n) is 18.3. The standard InChI is InChI=1S/C26H23N3O4/c1-18(30)28-22-9-11-23(12-10-22)29-26(31)21(16-27)14-20-8-13-24(25(15-20)32-2)33-17-19-6-4-3-5-7-19/h3-15H,17H2,1-2H3,(H,28,30)(H,29,31)/b21-14+. The lowest BCUT2D eigenvalue weighted by Crippen LogP contribution is -2.13. The number of anilines is 2. The maximum absolute atomic E-state index is 12.6. The second kappa shape index (κ2) is 11.2. The average Bonchev–Trinajstić information content (AvgIpc) is 2.83. The minimum atomic E-state index is -0.548. The first kappa shape index (κ1) is 23.1. The Labute approximate surface area is 192 Å². The molecule has 2 amide bonds. The summed E-state index contributed by atoms with van der Waals surface area (Å²) in [5, 5.41) is 14.8. The molecule has 0 unspecified atom stereocenters. The summed E-state index contributed by atoms with van der Waals surface area (Å²) < 4.78 is 11.3. The van der Waals surface area contributed by atoms with Gasteiger partial charge >= 0.3 is 0 Å². The molecule has 2 N–H and O–H groups in total. The second-order valence-corrected chi connectivity index (χ2v) is 7.07. The van der Waals surface area contributed by atoms with E-state index >= 15 is 0 Å². The molecule has 0 aliphatic carbocycles. The molecule has 7 nitrogen and oxygen atoms in total. The van der Waals surface area contributed by atoms with Crippen molar-refractivity contribution in [3.05, 3.63) is 89.5 Å². The summed E-state index contributed by atoms with van der Waals surface area (Å²) in [5.74, 6) is 0.313. The van der Waals surface area contributed by atoms with Crippen molar-refractivity contribution in [2.45, 2.75) is 13.5 Å². The van der Waals surface area contributed by atoms with Crippen molar-refractivity contribution in [1.29, 1.82) is 5.26 Å². The second-order valence-electron chi connectivity index (χ2n) is 7.07. The van der Waals surface area contributed by atoms with Crippen LogP contribution in [0, 0.1) is 11.3 Å². The number of carbonyl (C=O) groups is 2. The summed E-state index contributed by atoms with van der Waals surface area (Å²) in [7, 11) is 1.53. The van der Waals surface area contributed by atoms with Gasteiger partial charge in [-0.3, -0.25) is 9.59 Å². The highest BCUT2D eigenvalue weighted by atomic mass is 16.5. The molecule has 0 radical (unpaired) electrons. The van der Waals surface area contributed by atoms with Gasteiger partial charge in [0.25, 0.3) is 5.91 Å². The number of benzene rings is 3. The number of carbonyl (C=O) groups excluding carboxylic acids is 2. The van der Waals surface area contributed by atoms with Crippen LogP contribution in [-0.4, -0.2) is 18.9 Å². The highest BCUT2D eigenvalue weighted by Crippen LogP contribution is 2.30. The summed E-state index contributed by atoms with van der Waals surface area (Å²) in [6.45, 7) is 1.80. The molecular formula is C26H23N3O4. The van der Waals surface area contributed by atoms with Crippen LogP contribution in [0.2, 0.25) is 0 Å². The number of amides is 2. The van der Waals surface area contributed by atoms with Crippen LogP contribution < -0.4 is 20.1 Å². The highest BCUT2D eigenvalue weighted by Gasteiger charge is 2.12. The van der Waals surface area contributed by atoms with Crippen molar-refractivity contribution in [3.8, 4) is 17.6 Å². The zero-order valence-corrected chi connectivity index (χ0v) is 18.3. The van der Waals surface area contributed by atoms with E-state index in [2.05, 4.69) is 10.6 Å². The van der Waals surface area contributed by atoms with Gasteiger partial charge in [-0.15, -0.1) is 0 Å². The lowest BCUT2D eigenvalue weighted by atomic mass is 10.1. The summed E-state index contributed by atoms with van der Waals surface area (Å²) in [6, 6.07) is 23.5. The quantitative estimate of drug-likeness (QED) is 0.387. The van der Waals surface area contributed by atoms with Crippen LogP contribution in [-0.2, 0) is 16.2 Å². The Kier molecular flexibility index (Phi) is 7.81. The van der Waals surface area contributed by atoms with Gasteiger partial charge in [0.05, 0.1) is 7.11 Å². The average molecular weight is 441 g/mol. The van der Waals surface area contributed by atoms with Gasteiger partial charge in [-0.1, -0.05) is 36.4 Å². The maximum atomic E-state index is 12.6. The largest absolute Gasteiger partial charge is 0.493 e. The zero-order chi connectivity index (χ0) is 23.6. The molecule has 3 rings (SSSR count). The third-order valence-corrected chi connectivity index (χ3v) is 4.56. The minimum Gasteiger partial charge on any atom is -0.493 e. The van der Waals surface area contributed by atoms with Gasteiger partial charge < -0.3 is 20.1 Å². The normalized spacial score (nSPS) is 10.6. The van der Waals surface area contributed by atoms with Gasteiger partial charge in [-0.25, -0.2) is 0 Å². The van der Waals surface area contributed by atoms with E-state index in [0.717, 1.165) is 5.56 Å². The molecule has 3 aromatic rings. The third kappa shape index (κ3) is 6.71. The monoisotopic (exact) mass is 441 g/mol. The Morgan fingerprint density at radius 2 is 1.61 bits per heavy atom. The molecule has 0 saturated heterocycles. The van der Waals surface area contributed by atoms with Crippen LogP contribution in [0.3, 0.4) is 0 Å². The fourth-order valence-electron chi connectivity index (χ4n) is 2.98. The van der Waals surface area contributed by atoms with Crippen molar-refractivity contribution in [3.63, 3.8) is 0 Å². The molecule has 0 saturated carbocycles. The maximum Gasteiger partial charge on any atom is 0.266 e. The fourth-order valence-corrected chi connectivity index (χ4v) is 2.98. The van der Waals surface area contributed by atoms with Crippen LogP contribution in [0.25, 0.3) is 6.08 Å². The molecule has 166 valence electrons. The SMILES string of the molecule is COc1cc(/C=C(\C#N)C(=O)Nc2ccc(NC(C)=O)cc2)ccc1OCc1ccccc1. The molecule has 0 aromatic heterocycles. The van der Waals surface area contributed by atoms with E-state index in [1.165, 1.54) is 20.1 Å². The van der Waals surface area contributed by atoms with Gasteiger partial charge in [0.2, 0.25) is 5.91 Å². The summed E-state index contributed by atoms with van der Waals surface area (Å²) >= 11 is 0. The predicted octanol–water partition coefficient (Wildman–Crippen LogP) is 4.78. The number of hydrogen-bond donors (Lipinski definition) is 2. The van der Waals surface area contributed by atoms with Crippen LogP contribution in [0.4, 0.5) is 11.4 Å². The van der Waals surface area contributed by atoms with Crippen molar-refractivity contribution in [2.24, 2.45) is 0 Å². The van der Waals surface area contributed by atoms with Crippen molar-refractivity contribution < 1.29 is 19.1 Å². The van der Waals surface area contributed by atoms with E-state index in [1.807, 2.05) is 36.4 Å². The lowest BCUT2D eigenvalue weighted by molar-refractivity contribution is -0.114. The number of nitrogens with zero attached hydrogens (tertiary/aromatic N) is 1. The van der Waals surface area contributed by atoms with Gasteiger partial charge in [0, 0.05) is 18.3 Å². The lowest BCUT2D eigenvalue weighted by Gasteiger charge is -2.11. The van der Waals surface area contributed by atoms with Crippen LogP contribution in [0.15, 0.2) is 78.4 Å². The van der Waals surface area contributed by atoms with Crippen LogP contribution >= 0.6 is 0 Å². The molecular weight excluding hydrogens is 418 g/mol. The summed E-state index contributed by atoms with van der Waals surface area (Å²) in [4.78, 5) is 23.7. The van der Waals surface area contributed by atoms with E-state index in [0.29, 0.717) is 35.0 Å². The van der Waals surface area contributed by atoms with Crippen LogP contribution in [0.5, 0.6) is 11.5 Å². The highest BCUT2D eigenvalue weighted by molar-refractivity contribution is 6.09. The molecule has 0 aliphatic heterocycles. The molecule has 0 spiro atoms. The minimum absolute atomic E-state index is 0.0686. The summed E-state index contributed by atoms with van der Waals surface area (Å²) in [6.07, 6.45) is 1.48. The molecule has 7 heteroatoms. The van der Waals surface area contributed by atoms with Crippen molar-refractivity contribution in [1.82, 2.24) is 0 Å². The molecule has 33 heavy (non-hydrogen) atoms. The first-order chi connectivity index (χ1) is 16.0. The van der Waals surface area contributed by atoms with Gasteiger partial charge in [-0.05, 0) is 53.6 Å². The Hall–Kier alpha value is -4.57. The topological polar surface area (TPSA) is 100 Å². The molecule has 0 fully saturated rings. The Morgan fingerprint density at radius 3 is 2.21 bits per heavy atom.